The highest BCUT2D eigenvalue weighted by atomic mass is 16.5. The van der Waals surface area contributed by atoms with Gasteiger partial charge in [-0.3, -0.25) is 4.79 Å². The SMILES string of the molecule is COCCCNC(=O)c1cc(C)nc(Nc2ccc(N3CCCCC3)cc2)n1. The van der Waals surface area contributed by atoms with Crippen LogP contribution in [0.2, 0.25) is 0 Å². The van der Waals surface area contributed by atoms with Crippen LogP contribution in [0.25, 0.3) is 0 Å². The average Bonchev–Trinajstić information content (AvgIpc) is 2.72. The van der Waals surface area contributed by atoms with Gasteiger partial charge in [0.05, 0.1) is 0 Å². The molecule has 0 aliphatic carbocycles. The highest BCUT2D eigenvalue weighted by molar-refractivity contribution is 5.92. The fourth-order valence-corrected chi connectivity index (χ4v) is 3.29. The van der Waals surface area contributed by atoms with E-state index in [1.54, 1.807) is 13.2 Å². The molecule has 1 aromatic heterocycles. The maximum atomic E-state index is 12.3. The Morgan fingerprint density at radius 1 is 1.14 bits per heavy atom. The van der Waals surface area contributed by atoms with Crippen molar-refractivity contribution in [3.63, 3.8) is 0 Å². The fourth-order valence-electron chi connectivity index (χ4n) is 3.29. The van der Waals surface area contributed by atoms with Gasteiger partial charge in [0, 0.05) is 50.4 Å². The maximum Gasteiger partial charge on any atom is 0.270 e. The fraction of sp³-hybridized carbons (Fsp3) is 0.476. The highest BCUT2D eigenvalue weighted by Gasteiger charge is 2.12. The van der Waals surface area contributed by atoms with E-state index in [0.717, 1.165) is 30.9 Å². The van der Waals surface area contributed by atoms with Crippen molar-refractivity contribution in [2.45, 2.75) is 32.6 Å². The number of nitrogens with one attached hydrogen (secondary N) is 2. The molecule has 0 saturated carbocycles. The van der Waals surface area contributed by atoms with Crippen LogP contribution < -0.4 is 15.5 Å². The summed E-state index contributed by atoms with van der Waals surface area (Å²) in [5.41, 5.74) is 3.24. The van der Waals surface area contributed by atoms with Crippen LogP contribution in [0.5, 0.6) is 0 Å². The Morgan fingerprint density at radius 2 is 1.89 bits per heavy atom. The van der Waals surface area contributed by atoms with Crippen LogP contribution in [0.15, 0.2) is 30.3 Å². The number of nitrogens with zero attached hydrogens (tertiary/aromatic N) is 3. The number of aromatic nitrogens is 2. The van der Waals surface area contributed by atoms with Crippen molar-refractivity contribution in [1.29, 1.82) is 0 Å². The van der Waals surface area contributed by atoms with Crippen molar-refractivity contribution < 1.29 is 9.53 Å². The van der Waals surface area contributed by atoms with Crippen LogP contribution in [0.3, 0.4) is 0 Å². The Bertz CT molecular complexity index is 773. The van der Waals surface area contributed by atoms with Gasteiger partial charge in [-0.05, 0) is 62.9 Å². The van der Waals surface area contributed by atoms with Gasteiger partial charge >= 0.3 is 0 Å². The Balaban J connectivity index is 1.63. The first-order valence-corrected chi connectivity index (χ1v) is 9.90. The molecule has 1 fully saturated rings. The summed E-state index contributed by atoms with van der Waals surface area (Å²) in [4.78, 5) is 23.5. The lowest BCUT2D eigenvalue weighted by Gasteiger charge is -2.28. The molecule has 0 spiro atoms. The quantitative estimate of drug-likeness (QED) is 0.681. The lowest BCUT2D eigenvalue weighted by Crippen LogP contribution is -2.29. The lowest BCUT2D eigenvalue weighted by atomic mass is 10.1. The van der Waals surface area contributed by atoms with E-state index in [1.807, 2.05) is 19.1 Å². The molecule has 1 amide bonds. The summed E-state index contributed by atoms with van der Waals surface area (Å²) >= 11 is 0. The second-order valence-corrected chi connectivity index (χ2v) is 7.04. The summed E-state index contributed by atoms with van der Waals surface area (Å²) in [6, 6.07) is 9.98. The summed E-state index contributed by atoms with van der Waals surface area (Å²) in [5.74, 6) is 0.220. The van der Waals surface area contributed by atoms with Crippen molar-refractivity contribution in [3.8, 4) is 0 Å². The molecule has 3 rings (SSSR count). The van der Waals surface area contributed by atoms with Crippen molar-refractivity contribution in [1.82, 2.24) is 15.3 Å². The number of hydrogen-bond donors (Lipinski definition) is 2. The third-order valence-corrected chi connectivity index (χ3v) is 4.74. The summed E-state index contributed by atoms with van der Waals surface area (Å²) < 4.78 is 4.99. The van der Waals surface area contributed by atoms with Gasteiger partial charge in [0.1, 0.15) is 5.69 Å². The van der Waals surface area contributed by atoms with Gasteiger partial charge in [-0.15, -0.1) is 0 Å². The van der Waals surface area contributed by atoms with Crippen molar-refractivity contribution in [2.24, 2.45) is 0 Å². The minimum atomic E-state index is -0.204. The van der Waals surface area contributed by atoms with Crippen LogP contribution in [0.4, 0.5) is 17.3 Å². The highest BCUT2D eigenvalue weighted by Crippen LogP contribution is 2.23. The molecule has 2 heterocycles. The van der Waals surface area contributed by atoms with Crippen molar-refractivity contribution >= 4 is 23.2 Å². The van der Waals surface area contributed by atoms with Crippen LogP contribution in [-0.2, 0) is 4.74 Å². The topological polar surface area (TPSA) is 79.4 Å². The number of methoxy groups -OCH3 is 1. The number of aryl methyl sites for hydroxylation is 1. The molecule has 2 N–H and O–H groups in total. The van der Waals surface area contributed by atoms with Gasteiger partial charge in [-0.1, -0.05) is 0 Å². The number of amides is 1. The van der Waals surface area contributed by atoms with Gasteiger partial charge in [-0.25, -0.2) is 9.97 Å². The molecular formula is C21H29N5O2. The monoisotopic (exact) mass is 383 g/mol. The van der Waals surface area contributed by atoms with E-state index in [4.69, 9.17) is 4.74 Å². The molecule has 7 heteroatoms. The Morgan fingerprint density at radius 3 is 2.61 bits per heavy atom. The number of carbonyl (C=O) groups is 1. The number of benzene rings is 1. The molecule has 1 saturated heterocycles. The first-order valence-electron chi connectivity index (χ1n) is 9.90. The number of ether oxygens (including phenoxy) is 1. The van der Waals surface area contributed by atoms with Gasteiger partial charge in [0.15, 0.2) is 0 Å². The summed E-state index contributed by atoms with van der Waals surface area (Å²) in [7, 11) is 1.65. The van der Waals surface area contributed by atoms with Gasteiger partial charge in [0.2, 0.25) is 5.95 Å². The molecule has 1 aliphatic rings. The third-order valence-electron chi connectivity index (χ3n) is 4.74. The molecule has 2 aromatic rings. The molecule has 0 bridgehead atoms. The molecule has 0 unspecified atom stereocenters. The van der Waals surface area contributed by atoms with E-state index in [9.17, 15) is 4.79 Å². The van der Waals surface area contributed by atoms with Gasteiger partial charge in [-0.2, -0.15) is 0 Å². The van der Waals surface area contributed by atoms with E-state index >= 15 is 0 Å². The van der Waals surface area contributed by atoms with E-state index in [-0.39, 0.29) is 5.91 Å². The van der Waals surface area contributed by atoms with Crippen LogP contribution >= 0.6 is 0 Å². The molecule has 28 heavy (non-hydrogen) atoms. The molecule has 150 valence electrons. The van der Waals surface area contributed by atoms with Crippen LogP contribution in [0.1, 0.15) is 41.9 Å². The second-order valence-electron chi connectivity index (χ2n) is 7.04. The van der Waals surface area contributed by atoms with E-state index in [0.29, 0.717) is 24.8 Å². The predicted molar refractivity (Wildman–Crippen MR) is 111 cm³/mol. The standard InChI is InChI=1S/C21H29N5O2/c1-16-15-19(20(27)22-11-6-14-28-2)25-21(23-16)24-17-7-9-18(10-8-17)26-12-4-3-5-13-26/h7-10,15H,3-6,11-14H2,1-2H3,(H,22,27)(H,23,24,25). The average molecular weight is 383 g/mol. The van der Waals surface area contributed by atoms with Crippen LogP contribution in [0, 0.1) is 6.92 Å². The minimum absolute atomic E-state index is 0.204. The zero-order chi connectivity index (χ0) is 19.8. The summed E-state index contributed by atoms with van der Waals surface area (Å²) in [6.45, 7) is 5.26. The minimum Gasteiger partial charge on any atom is -0.385 e. The molecule has 0 radical (unpaired) electrons. The molecular weight excluding hydrogens is 354 g/mol. The number of anilines is 3. The predicted octanol–water partition coefficient (Wildman–Crippen LogP) is 3.29. The normalized spacial score (nSPS) is 14.0. The van der Waals surface area contributed by atoms with Crippen LogP contribution in [-0.4, -0.2) is 49.2 Å². The Labute approximate surface area is 166 Å². The molecule has 0 atom stereocenters. The molecule has 7 nitrogen and oxygen atoms in total. The second kappa shape index (κ2) is 10.0. The first-order chi connectivity index (χ1) is 13.7. The third kappa shape index (κ3) is 5.66. The lowest BCUT2D eigenvalue weighted by molar-refractivity contribution is 0.0943. The maximum absolute atomic E-state index is 12.3. The zero-order valence-electron chi connectivity index (χ0n) is 16.7. The molecule has 1 aromatic carbocycles. The Kier molecular flexibility index (Phi) is 7.19. The van der Waals surface area contributed by atoms with Crippen molar-refractivity contribution in [2.75, 3.05) is 43.6 Å². The smallest absolute Gasteiger partial charge is 0.270 e. The largest absolute Gasteiger partial charge is 0.385 e. The number of hydrogen-bond acceptors (Lipinski definition) is 6. The summed E-state index contributed by atoms with van der Waals surface area (Å²) in [6.07, 6.45) is 4.60. The van der Waals surface area contributed by atoms with Gasteiger partial charge < -0.3 is 20.3 Å². The number of piperidine rings is 1. The van der Waals surface area contributed by atoms with Gasteiger partial charge in [0.25, 0.3) is 5.91 Å². The Hall–Kier alpha value is -2.67. The number of rotatable bonds is 8. The zero-order valence-corrected chi connectivity index (χ0v) is 16.7. The molecule has 1 aliphatic heterocycles. The van der Waals surface area contributed by atoms with E-state index in [2.05, 4.69) is 37.6 Å². The first kappa shape index (κ1) is 20.1. The van der Waals surface area contributed by atoms with Crippen molar-refractivity contribution in [3.05, 3.63) is 41.7 Å². The van der Waals surface area contributed by atoms with E-state index < -0.39 is 0 Å². The number of carbonyl (C=O) groups excluding carboxylic acids is 1. The summed E-state index contributed by atoms with van der Waals surface area (Å²) in [5, 5.41) is 6.06. The van der Waals surface area contributed by atoms with E-state index in [1.165, 1.54) is 24.9 Å².